The second kappa shape index (κ2) is 11.4. The number of hydrogen-bond donors (Lipinski definition) is 2. The highest BCUT2D eigenvalue weighted by molar-refractivity contribution is 5.89. The molecule has 0 radical (unpaired) electrons. The topological polar surface area (TPSA) is 83.1 Å². The van der Waals surface area contributed by atoms with Gasteiger partial charge in [0.1, 0.15) is 0 Å². The first-order chi connectivity index (χ1) is 18.8. The smallest absolute Gasteiger partial charge is 0.319 e. The van der Waals surface area contributed by atoms with Crippen molar-refractivity contribution in [1.82, 2.24) is 15.1 Å². The average Bonchev–Trinajstić information content (AvgIpc) is 3.58. The highest BCUT2D eigenvalue weighted by atomic mass is 19.2. The van der Waals surface area contributed by atoms with Gasteiger partial charge in [-0.15, -0.1) is 0 Å². The van der Waals surface area contributed by atoms with Crippen LogP contribution in [0.3, 0.4) is 0 Å². The molecular formula is C29H36F2N4O4. The van der Waals surface area contributed by atoms with Crippen molar-refractivity contribution < 1.29 is 27.8 Å². The van der Waals surface area contributed by atoms with Crippen LogP contribution >= 0.6 is 0 Å². The molecule has 2 heterocycles. The van der Waals surface area contributed by atoms with Crippen LogP contribution in [0.25, 0.3) is 0 Å². The highest BCUT2D eigenvalue weighted by Gasteiger charge is 2.53. The molecule has 0 spiro atoms. The normalized spacial score (nSPS) is 24.8. The largest absolute Gasteiger partial charge is 0.493 e. The molecule has 0 aromatic heterocycles. The molecule has 39 heavy (non-hydrogen) atoms. The summed E-state index contributed by atoms with van der Waals surface area (Å²) in [4.78, 5) is 30.5. The van der Waals surface area contributed by atoms with Crippen LogP contribution in [0.15, 0.2) is 36.4 Å². The molecule has 2 aliphatic heterocycles. The fourth-order valence-electron chi connectivity index (χ4n) is 6.61. The minimum atomic E-state index is -1.02. The van der Waals surface area contributed by atoms with Crippen LogP contribution in [0.1, 0.15) is 44.1 Å². The summed E-state index contributed by atoms with van der Waals surface area (Å²) in [7, 11) is 3.22. The minimum Gasteiger partial charge on any atom is -0.493 e. The fraction of sp³-hybridized carbons (Fsp3) is 0.517. The molecule has 210 valence electrons. The number of benzene rings is 2. The summed E-state index contributed by atoms with van der Waals surface area (Å²) in [6.07, 6.45) is 5.13. The molecule has 2 N–H and O–H groups in total. The lowest BCUT2D eigenvalue weighted by Gasteiger charge is -2.45. The van der Waals surface area contributed by atoms with Gasteiger partial charge in [-0.05, 0) is 81.4 Å². The number of hydrogen-bond acceptors (Lipinski definition) is 5. The summed E-state index contributed by atoms with van der Waals surface area (Å²) in [5.41, 5.74) is 1.01. The van der Waals surface area contributed by atoms with Crippen LogP contribution in [0, 0.1) is 11.6 Å². The van der Waals surface area contributed by atoms with Gasteiger partial charge in [-0.25, -0.2) is 13.6 Å². The van der Waals surface area contributed by atoms with E-state index in [0.29, 0.717) is 37.4 Å². The number of rotatable bonds is 7. The van der Waals surface area contributed by atoms with Gasteiger partial charge in [0.2, 0.25) is 5.91 Å². The van der Waals surface area contributed by atoms with Crippen molar-refractivity contribution in [3.05, 3.63) is 53.6 Å². The third kappa shape index (κ3) is 5.52. The predicted molar refractivity (Wildman–Crippen MR) is 143 cm³/mol. The molecule has 5 rings (SSSR count). The van der Waals surface area contributed by atoms with Crippen LogP contribution in [0.5, 0.6) is 11.5 Å². The lowest BCUT2D eigenvalue weighted by atomic mass is 9.65. The lowest BCUT2D eigenvalue weighted by molar-refractivity contribution is -0.134. The van der Waals surface area contributed by atoms with Gasteiger partial charge in [0.05, 0.1) is 20.8 Å². The number of halogens is 2. The molecule has 3 amide bonds. The van der Waals surface area contributed by atoms with Crippen molar-refractivity contribution in [2.24, 2.45) is 0 Å². The van der Waals surface area contributed by atoms with E-state index in [1.165, 1.54) is 6.07 Å². The van der Waals surface area contributed by atoms with Gasteiger partial charge < -0.3 is 25.0 Å². The van der Waals surface area contributed by atoms with E-state index in [0.717, 1.165) is 56.5 Å². The van der Waals surface area contributed by atoms with E-state index in [1.807, 2.05) is 17.0 Å². The summed E-state index contributed by atoms with van der Waals surface area (Å²) in [5.74, 6) is -0.575. The van der Waals surface area contributed by atoms with Crippen molar-refractivity contribution in [2.75, 3.05) is 45.7 Å². The zero-order chi connectivity index (χ0) is 27.6. The molecule has 3 fully saturated rings. The maximum atomic E-state index is 13.6. The number of methoxy groups -OCH3 is 2. The Bertz CT molecular complexity index is 1220. The van der Waals surface area contributed by atoms with E-state index in [2.05, 4.69) is 21.6 Å². The van der Waals surface area contributed by atoms with Crippen LogP contribution in [-0.4, -0.2) is 74.2 Å². The number of anilines is 1. The molecule has 0 unspecified atom stereocenters. The number of fused-ring (bicyclic) bond motifs is 1. The van der Waals surface area contributed by atoms with Gasteiger partial charge in [0.25, 0.3) is 0 Å². The Balaban J connectivity index is 1.36. The number of carbonyl (C=O) groups excluding carboxylic acids is 2. The van der Waals surface area contributed by atoms with E-state index in [-0.39, 0.29) is 29.1 Å². The molecule has 2 aromatic rings. The summed E-state index contributed by atoms with van der Waals surface area (Å²) in [5, 5.41) is 5.59. The first-order valence-corrected chi connectivity index (χ1v) is 13.6. The van der Waals surface area contributed by atoms with Crippen molar-refractivity contribution >= 4 is 17.6 Å². The zero-order valence-electron chi connectivity index (χ0n) is 22.5. The maximum Gasteiger partial charge on any atom is 0.319 e. The molecule has 1 saturated carbocycles. The Morgan fingerprint density at radius 2 is 1.74 bits per heavy atom. The second-order valence-corrected chi connectivity index (χ2v) is 10.8. The second-order valence-electron chi connectivity index (χ2n) is 10.8. The first-order valence-electron chi connectivity index (χ1n) is 13.6. The number of ether oxygens (including phenoxy) is 2. The van der Waals surface area contributed by atoms with Crippen molar-refractivity contribution in [3.8, 4) is 11.5 Å². The van der Waals surface area contributed by atoms with E-state index in [1.54, 1.807) is 14.2 Å². The molecule has 2 aromatic carbocycles. The Labute approximate surface area is 227 Å². The third-order valence-corrected chi connectivity index (χ3v) is 8.61. The number of urea groups is 1. The van der Waals surface area contributed by atoms with E-state index < -0.39 is 17.7 Å². The van der Waals surface area contributed by atoms with Gasteiger partial charge >= 0.3 is 6.03 Å². The van der Waals surface area contributed by atoms with Gasteiger partial charge in [0.15, 0.2) is 23.1 Å². The minimum absolute atomic E-state index is 0.104. The molecule has 1 aliphatic carbocycles. The number of amides is 3. The Kier molecular flexibility index (Phi) is 7.93. The maximum absolute atomic E-state index is 13.6. The third-order valence-electron chi connectivity index (χ3n) is 8.61. The van der Waals surface area contributed by atoms with Gasteiger partial charge in [-0.3, -0.25) is 9.69 Å². The van der Waals surface area contributed by atoms with Gasteiger partial charge in [0, 0.05) is 35.8 Å². The van der Waals surface area contributed by atoms with E-state index >= 15 is 0 Å². The molecule has 10 heteroatoms. The highest BCUT2D eigenvalue weighted by Crippen LogP contribution is 2.50. The molecule has 2 saturated heterocycles. The molecule has 0 bridgehead atoms. The summed E-state index contributed by atoms with van der Waals surface area (Å²) in [6, 6.07) is 8.46. The summed E-state index contributed by atoms with van der Waals surface area (Å²) >= 11 is 0. The van der Waals surface area contributed by atoms with Crippen molar-refractivity contribution in [3.63, 3.8) is 0 Å². The number of likely N-dealkylation sites (tertiary alicyclic amines) is 2. The zero-order valence-corrected chi connectivity index (χ0v) is 22.5. The molecule has 8 nitrogen and oxygen atoms in total. The van der Waals surface area contributed by atoms with Crippen LogP contribution in [0.4, 0.5) is 19.3 Å². The number of nitrogens with zero attached hydrogens (tertiary/aromatic N) is 2. The van der Waals surface area contributed by atoms with Gasteiger partial charge in [-0.2, -0.15) is 0 Å². The SMILES string of the molecule is COc1ccc([C@@]23CC[C@@H](NC(=O)Nc4ccc(F)c(F)c4)C[C@@H]2N(C(=O)CN2CCCC2)CC3)cc1OC. The van der Waals surface area contributed by atoms with E-state index in [4.69, 9.17) is 9.47 Å². The Hall–Kier alpha value is -3.40. The number of carbonyl (C=O) groups is 2. The average molecular weight is 543 g/mol. The lowest BCUT2D eigenvalue weighted by Crippen LogP contribution is -2.55. The quantitative estimate of drug-likeness (QED) is 0.546. The molecule has 3 atom stereocenters. The van der Waals surface area contributed by atoms with Crippen molar-refractivity contribution in [2.45, 2.75) is 56.0 Å². The van der Waals surface area contributed by atoms with Crippen molar-refractivity contribution in [1.29, 1.82) is 0 Å². The Morgan fingerprint density at radius 3 is 2.46 bits per heavy atom. The van der Waals surface area contributed by atoms with Gasteiger partial charge in [-0.1, -0.05) is 6.07 Å². The van der Waals surface area contributed by atoms with Crippen LogP contribution < -0.4 is 20.1 Å². The first kappa shape index (κ1) is 27.2. The molecular weight excluding hydrogens is 506 g/mol. The predicted octanol–water partition coefficient (Wildman–Crippen LogP) is 4.29. The van der Waals surface area contributed by atoms with Crippen LogP contribution in [-0.2, 0) is 10.2 Å². The fourth-order valence-corrected chi connectivity index (χ4v) is 6.61. The summed E-state index contributed by atoms with van der Waals surface area (Å²) < 4.78 is 37.9. The van der Waals surface area contributed by atoms with E-state index in [9.17, 15) is 18.4 Å². The number of nitrogens with one attached hydrogen (secondary N) is 2. The molecule has 3 aliphatic rings. The summed E-state index contributed by atoms with van der Waals surface area (Å²) in [6.45, 7) is 2.95. The monoisotopic (exact) mass is 542 g/mol. The van der Waals surface area contributed by atoms with Crippen LogP contribution in [0.2, 0.25) is 0 Å². The Morgan fingerprint density at radius 1 is 0.974 bits per heavy atom. The standard InChI is InChI=1S/C29H36F2N4O4/c1-38-24-8-5-19(15-25(24)39-2)29-10-9-21(33-28(37)32-20-6-7-22(30)23(31)16-20)17-26(29)35(14-11-29)27(36)18-34-12-3-4-13-34/h5-8,15-16,21,26H,3-4,9-14,17-18H2,1-2H3,(H2,32,33,37)/t21-,26+,29+/m1/s1.